The molecule has 0 bridgehead atoms. The van der Waals surface area contributed by atoms with Gasteiger partial charge in [-0.05, 0) is 89.0 Å². The fraction of sp³-hybridized carbons (Fsp3) is 0.216. The second-order valence-electron chi connectivity index (χ2n) is 11.8. The van der Waals surface area contributed by atoms with Crippen LogP contribution in [0.1, 0.15) is 68.1 Å². The van der Waals surface area contributed by atoms with Gasteiger partial charge in [-0.2, -0.15) is 0 Å². The first kappa shape index (κ1) is 25.8. The number of para-hydroxylation sites is 2. The first-order valence-corrected chi connectivity index (χ1v) is 15.4. The maximum atomic E-state index is 4.82. The van der Waals surface area contributed by atoms with Crippen molar-refractivity contribution in [2.45, 2.75) is 52.6 Å². The van der Waals surface area contributed by atoms with Gasteiger partial charge in [-0.3, -0.25) is 0 Å². The molecule has 6 aromatic rings. The standard InChI is InChI=1S/C37H35N3S/c1-22(2)30-19-27(25-11-7-6-8-12-25)20-31(23(3)4)35(30)40-33-14-10-9-13-32(33)39-36(40)26-16-18-28-29-17-15-24(5)38-37(29)41-34(28)21-26/h6-23,36,39H,1-5H3. The lowest BCUT2D eigenvalue weighted by atomic mass is 9.87. The van der Waals surface area contributed by atoms with Gasteiger partial charge in [0.25, 0.3) is 0 Å². The summed E-state index contributed by atoms with van der Waals surface area (Å²) in [5.74, 6) is 0.720. The lowest BCUT2D eigenvalue weighted by molar-refractivity contribution is 0.777. The Morgan fingerprint density at radius 3 is 2.15 bits per heavy atom. The number of anilines is 3. The Morgan fingerprint density at radius 1 is 0.732 bits per heavy atom. The molecule has 1 atom stereocenters. The van der Waals surface area contributed by atoms with Gasteiger partial charge in [-0.1, -0.05) is 82.3 Å². The highest BCUT2D eigenvalue weighted by Crippen LogP contribution is 2.51. The number of thiophene rings is 1. The van der Waals surface area contributed by atoms with Crippen molar-refractivity contribution in [3.05, 3.63) is 119 Å². The van der Waals surface area contributed by atoms with Gasteiger partial charge >= 0.3 is 0 Å². The van der Waals surface area contributed by atoms with E-state index < -0.39 is 0 Å². The van der Waals surface area contributed by atoms with E-state index in [1.807, 2.05) is 0 Å². The summed E-state index contributed by atoms with van der Waals surface area (Å²) < 4.78 is 1.28. The van der Waals surface area contributed by atoms with E-state index in [-0.39, 0.29) is 6.17 Å². The van der Waals surface area contributed by atoms with Crippen molar-refractivity contribution in [1.82, 2.24) is 4.98 Å². The number of fused-ring (bicyclic) bond motifs is 4. The third-order valence-electron chi connectivity index (χ3n) is 8.29. The van der Waals surface area contributed by atoms with Crippen molar-refractivity contribution >= 4 is 48.7 Å². The van der Waals surface area contributed by atoms with Crippen molar-refractivity contribution in [3.63, 3.8) is 0 Å². The lowest BCUT2D eigenvalue weighted by Crippen LogP contribution is -2.26. The number of benzene rings is 4. The summed E-state index contributed by atoms with van der Waals surface area (Å²) >= 11 is 1.79. The van der Waals surface area contributed by atoms with Gasteiger partial charge in [-0.25, -0.2) is 4.98 Å². The number of aromatic nitrogens is 1. The van der Waals surface area contributed by atoms with Gasteiger partial charge in [0.1, 0.15) is 11.0 Å². The minimum atomic E-state index is -0.0192. The number of hydrogen-bond acceptors (Lipinski definition) is 4. The Bertz CT molecular complexity index is 1870. The number of nitrogens with zero attached hydrogens (tertiary/aromatic N) is 2. The van der Waals surface area contributed by atoms with Crippen LogP contribution in [0.3, 0.4) is 0 Å². The van der Waals surface area contributed by atoms with Crippen LogP contribution in [0.4, 0.5) is 17.1 Å². The molecule has 0 saturated heterocycles. The molecule has 1 aliphatic rings. The summed E-state index contributed by atoms with van der Waals surface area (Å²) in [5, 5.41) is 6.42. The van der Waals surface area contributed by atoms with Crippen molar-refractivity contribution in [2.24, 2.45) is 0 Å². The van der Waals surface area contributed by atoms with E-state index >= 15 is 0 Å². The van der Waals surface area contributed by atoms with E-state index in [1.165, 1.54) is 60.4 Å². The number of pyridine rings is 1. The van der Waals surface area contributed by atoms with Gasteiger partial charge in [0.05, 0.1) is 17.1 Å². The smallest absolute Gasteiger partial charge is 0.130 e. The number of aryl methyl sites for hydroxylation is 1. The largest absolute Gasteiger partial charge is 0.359 e. The highest BCUT2D eigenvalue weighted by Gasteiger charge is 2.35. The van der Waals surface area contributed by atoms with Gasteiger partial charge in [0.2, 0.25) is 0 Å². The van der Waals surface area contributed by atoms with Crippen molar-refractivity contribution in [3.8, 4) is 11.1 Å². The molecule has 3 nitrogen and oxygen atoms in total. The van der Waals surface area contributed by atoms with Crippen LogP contribution in [0.5, 0.6) is 0 Å². The Labute approximate surface area is 246 Å². The maximum absolute atomic E-state index is 4.82. The fourth-order valence-corrected chi connectivity index (χ4v) is 7.38. The van der Waals surface area contributed by atoms with E-state index in [2.05, 4.69) is 142 Å². The van der Waals surface area contributed by atoms with E-state index in [0.29, 0.717) is 11.8 Å². The second kappa shape index (κ2) is 10.0. The Morgan fingerprint density at radius 2 is 1.41 bits per heavy atom. The predicted molar refractivity (Wildman–Crippen MR) is 177 cm³/mol. The molecule has 0 fully saturated rings. The molecule has 1 unspecified atom stereocenters. The predicted octanol–water partition coefficient (Wildman–Crippen LogP) is 10.9. The average Bonchev–Trinajstić information content (AvgIpc) is 3.54. The van der Waals surface area contributed by atoms with Gasteiger partial charge < -0.3 is 10.2 Å². The number of rotatable bonds is 5. The maximum Gasteiger partial charge on any atom is 0.130 e. The summed E-state index contributed by atoms with van der Waals surface area (Å²) in [7, 11) is 0. The quantitative estimate of drug-likeness (QED) is 0.230. The van der Waals surface area contributed by atoms with Crippen LogP contribution in [-0.2, 0) is 0 Å². The van der Waals surface area contributed by atoms with Crippen molar-refractivity contribution in [1.29, 1.82) is 0 Å². The molecule has 0 radical (unpaired) electrons. The molecule has 1 N–H and O–H groups in total. The zero-order valence-electron chi connectivity index (χ0n) is 24.3. The van der Waals surface area contributed by atoms with Gasteiger partial charge in [0.15, 0.2) is 0 Å². The first-order chi connectivity index (χ1) is 19.9. The molecule has 4 aromatic carbocycles. The van der Waals surface area contributed by atoms with Crippen LogP contribution in [0.25, 0.3) is 31.4 Å². The molecule has 204 valence electrons. The van der Waals surface area contributed by atoms with E-state index in [9.17, 15) is 0 Å². The molecule has 4 heteroatoms. The second-order valence-corrected chi connectivity index (χ2v) is 12.8. The zero-order chi connectivity index (χ0) is 28.2. The highest BCUT2D eigenvalue weighted by atomic mass is 32.1. The summed E-state index contributed by atoms with van der Waals surface area (Å²) in [4.78, 5) is 8.49. The average molecular weight is 554 g/mol. The Balaban J connectivity index is 1.44. The minimum absolute atomic E-state index is 0.0192. The van der Waals surface area contributed by atoms with Crippen LogP contribution in [0.2, 0.25) is 0 Å². The molecule has 1 aliphatic heterocycles. The third kappa shape index (κ3) is 4.38. The summed E-state index contributed by atoms with van der Waals surface area (Å²) in [6.45, 7) is 11.3. The topological polar surface area (TPSA) is 28.2 Å². The van der Waals surface area contributed by atoms with Crippen LogP contribution < -0.4 is 10.2 Å². The van der Waals surface area contributed by atoms with Crippen molar-refractivity contribution < 1.29 is 0 Å². The molecule has 2 aromatic heterocycles. The summed E-state index contributed by atoms with van der Waals surface area (Å²) in [6.07, 6.45) is -0.0192. The SMILES string of the molecule is Cc1ccc2c(n1)sc1cc(C3Nc4ccccc4N3c3c(C(C)C)cc(-c4ccccc4)cc3C(C)C)ccc12. The van der Waals surface area contributed by atoms with E-state index in [1.54, 1.807) is 11.3 Å². The van der Waals surface area contributed by atoms with Gasteiger partial charge in [-0.15, -0.1) is 11.3 Å². The molecule has 0 saturated carbocycles. The van der Waals surface area contributed by atoms with E-state index in [4.69, 9.17) is 4.98 Å². The molecule has 41 heavy (non-hydrogen) atoms. The molecule has 7 rings (SSSR count). The number of hydrogen-bond donors (Lipinski definition) is 1. The summed E-state index contributed by atoms with van der Waals surface area (Å²) in [5.41, 5.74) is 11.3. The monoisotopic (exact) mass is 553 g/mol. The highest BCUT2D eigenvalue weighted by molar-refractivity contribution is 7.25. The molecule has 0 aliphatic carbocycles. The van der Waals surface area contributed by atoms with Crippen LogP contribution in [0.15, 0.2) is 97.1 Å². The Hall–Kier alpha value is -4.15. The molecule has 0 spiro atoms. The van der Waals surface area contributed by atoms with Crippen LogP contribution in [-0.4, -0.2) is 4.98 Å². The fourth-order valence-electron chi connectivity index (χ4n) is 6.21. The first-order valence-electron chi connectivity index (χ1n) is 14.6. The molecular weight excluding hydrogens is 518 g/mol. The minimum Gasteiger partial charge on any atom is -0.359 e. The van der Waals surface area contributed by atoms with Crippen LogP contribution in [0, 0.1) is 6.92 Å². The van der Waals surface area contributed by atoms with Crippen molar-refractivity contribution in [2.75, 3.05) is 10.2 Å². The number of nitrogens with one attached hydrogen (secondary N) is 1. The molecule has 0 amide bonds. The lowest BCUT2D eigenvalue weighted by Gasteiger charge is -2.34. The molecular formula is C37H35N3S. The van der Waals surface area contributed by atoms with Crippen LogP contribution >= 0.6 is 11.3 Å². The van der Waals surface area contributed by atoms with Gasteiger partial charge in [0, 0.05) is 21.2 Å². The zero-order valence-corrected chi connectivity index (χ0v) is 25.1. The molecule has 3 heterocycles. The van der Waals surface area contributed by atoms with E-state index in [0.717, 1.165) is 10.5 Å². The third-order valence-corrected chi connectivity index (χ3v) is 9.35. The Kier molecular flexibility index (Phi) is 6.32. The summed E-state index contributed by atoms with van der Waals surface area (Å²) in [6, 6.07) is 35.6. The normalized spacial score (nSPS) is 14.8.